The molecule has 1 unspecified atom stereocenters. The number of hydrogen-bond acceptors (Lipinski definition) is 9. The van der Waals surface area contributed by atoms with Crippen molar-refractivity contribution in [2.45, 2.75) is 38.0 Å². The van der Waals surface area contributed by atoms with E-state index in [0.29, 0.717) is 24.1 Å². The zero-order chi connectivity index (χ0) is 27.6. The highest BCUT2D eigenvalue weighted by Crippen LogP contribution is 2.43. The first kappa shape index (κ1) is 26.5. The van der Waals surface area contributed by atoms with Crippen molar-refractivity contribution in [1.82, 2.24) is 25.6 Å². The summed E-state index contributed by atoms with van der Waals surface area (Å²) in [4.78, 5) is 19.4. The number of aliphatic hydroxyl groups is 1. The van der Waals surface area contributed by atoms with Gasteiger partial charge in [-0.2, -0.15) is 18.2 Å². The lowest BCUT2D eigenvalue weighted by Gasteiger charge is -2.38. The molecule has 1 fully saturated rings. The number of pyridine rings is 1. The predicted molar refractivity (Wildman–Crippen MR) is 130 cm³/mol. The summed E-state index contributed by atoms with van der Waals surface area (Å²) in [5.41, 5.74) is -1.27. The SMILES string of the molecule is O=C(O)C[C@]1(CC(O)c2ccc(-c3noc(-c4onc(-c5ccccn5)c4C(F)(F)F)n3)cc2)CCCNC1. The van der Waals surface area contributed by atoms with Gasteiger partial charge in [-0.15, -0.1) is 0 Å². The lowest BCUT2D eigenvalue weighted by molar-refractivity contribution is -0.141. The number of alkyl halides is 3. The fraction of sp³-hybridized carbons (Fsp3) is 0.346. The molecular formula is C26H24F3N5O5. The molecule has 4 heterocycles. The maximum atomic E-state index is 14.0. The summed E-state index contributed by atoms with van der Waals surface area (Å²) in [6, 6.07) is 10.9. The molecule has 0 bridgehead atoms. The van der Waals surface area contributed by atoms with Crippen LogP contribution in [0, 0.1) is 5.41 Å². The first-order chi connectivity index (χ1) is 18.7. The predicted octanol–water partition coefficient (Wildman–Crippen LogP) is 4.74. The molecule has 1 aliphatic heterocycles. The lowest BCUT2D eigenvalue weighted by Crippen LogP contribution is -2.42. The van der Waals surface area contributed by atoms with Crippen molar-refractivity contribution in [2.75, 3.05) is 13.1 Å². The van der Waals surface area contributed by atoms with Crippen LogP contribution in [0.3, 0.4) is 0 Å². The highest BCUT2D eigenvalue weighted by atomic mass is 19.4. The molecule has 39 heavy (non-hydrogen) atoms. The minimum atomic E-state index is -4.83. The van der Waals surface area contributed by atoms with E-state index >= 15 is 0 Å². The van der Waals surface area contributed by atoms with Crippen LogP contribution in [0.15, 0.2) is 57.7 Å². The Balaban J connectivity index is 1.37. The molecule has 2 atom stereocenters. The van der Waals surface area contributed by atoms with E-state index in [1.54, 1.807) is 30.3 Å². The number of piperidine rings is 1. The smallest absolute Gasteiger partial charge is 0.422 e. The van der Waals surface area contributed by atoms with Gasteiger partial charge in [0.1, 0.15) is 11.3 Å². The third-order valence-corrected chi connectivity index (χ3v) is 6.77. The zero-order valence-corrected chi connectivity index (χ0v) is 20.5. The van der Waals surface area contributed by atoms with Crippen LogP contribution >= 0.6 is 0 Å². The molecule has 5 rings (SSSR count). The number of halogens is 3. The van der Waals surface area contributed by atoms with E-state index in [0.717, 1.165) is 13.0 Å². The second-order valence-electron chi connectivity index (χ2n) is 9.56. The van der Waals surface area contributed by atoms with Crippen LogP contribution in [0.1, 0.15) is 42.9 Å². The molecule has 13 heteroatoms. The van der Waals surface area contributed by atoms with Crippen LogP contribution in [-0.4, -0.2) is 49.6 Å². The fourth-order valence-corrected chi connectivity index (χ4v) is 4.94. The van der Waals surface area contributed by atoms with Crippen molar-refractivity contribution >= 4 is 5.97 Å². The van der Waals surface area contributed by atoms with Crippen LogP contribution in [-0.2, 0) is 11.0 Å². The Morgan fingerprint density at radius 2 is 1.92 bits per heavy atom. The number of carboxylic acid groups (broad SMARTS) is 1. The van der Waals surface area contributed by atoms with Gasteiger partial charge < -0.3 is 24.6 Å². The monoisotopic (exact) mass is 543 g/mol. The molecule has 0 spiro atoms. The number of rotatable bonds is 8. The molecule has 0 saturated carbocycles. The van der Waals surface area contributed by atoms with Gasteiger partial charge in [0.15, 0.2) is 0 Å². The van der Waals surface area contributed by atoms with Gasteiger partial charge in [0.2, 0.25) is 11.6 Å². The van der Waals surface area contributed by atoms with Crippen molar-refractivity contribution in [1.29, 1.82) is 0 Å². The maximum Gasteiger partial charge on any atom is 0.422 e. The topological polar surface area (TPSA) is 147 Å². The second-order valence-corrected chi connectivity index (χ2v) is 9.56. The molecule has 10 nitrogen and oxygen atoms in total. The minimum absolute atomic E-state index is 0.00813. The number of carbonyl (C=O) groups is 1. The van der Waals surface area contributed by atoms with Crippen molar-refractivity contribution in [3.05, 3.63) is 59.8 Å². The van der Waals surface area contributed by atoms with Crippen LogP contribution in [0.25, 0.3) is 34.4 Å². The number of aliphatic carboxylic acids is 1. The Kier molecular flexibility index (Phi) is 7.19. The van der Waals surface area contributed by atoms with Crippen LogP contribution in [0.2, 0.25) is 0 Å². The molecule has 1 aromatic carbocycles. The van der Waals surface area contributed by atoms with Gasteiger partial charge in [-0.1, -0.05) is 40.6 Å². The molecule has 204 valence electrons. The van der Waals surface area contributed by atoms with Gasteiger partial charge in [-0.05, 0) is 48.9 Å². The summed E-state index contributed by atoms with van der Waals surface area (Å²) in [6.45, 7) is 1.31. The van der Waals surface area contributed by atoms with E-state index in [-0.39, 0.29) is 24.4 Å². The minimum Gasteiger partial charge on any atom is -0.481 e. The number of nitrogens with one attached hydrogen (secondary N) is 1. The number of carboxylic acids is 1. The van der Waals surface area contributed by atoms with E-state index < -0.39 is 46.6 Å². The fourth-order valence-electron chi connectivity index (χ4n) is 4.94. The summed E-state index contributed by atoms with van der Waals surface area (Å²) in [5, 5.41) is 30.8. The van der Waals surface area contributed by atoms with Gasteiger partial charge in [0.25, 0.3) is 5.89 Å². The maximum absolute atomic E-state index is 14.0. The molecule has 3 aromatic heterocycles. The van der Waals surface area contributed by atoms with Gasteiger partial charge >= 0.3 is 12.1 Å². The zero-order valence-electron chi connectivity index (χ0n) is 20.5. The average Bonchev–Trinajstić information content (AvgIpc) is 3.57. The van der Waals surface area contributed by atoms with Crippen molar-refractivity contribution in [3.8, 4) is 34.4 Å². The molecule has 1 saturated heterocycles. The third kappa shape index (κ3) is 5.68. The number of aromatic nitrogens is 4. The number of aliphatic hydroxyl groups excluding tert-OH is 1. The summed E-state index contributed by atoms with van der Waals surface area (Å²) >= 11 is 0. The van der Waals surface area contributed by atoms with Crippen LogP contribution in [0.4, 0.5) is 13.2 Å². The van der Waals surface area contributed by atoms with E-state index in [1.807, 2.05) is 0 Å². The molecule has 0 radical (unpaired) electrons. The molecule has 0 amide bonds. The van der Waals surface area contributed by atoms with Gasteiger partial charge in [0, 0.05) is 18.3 Å². The summed E-state index contributed by atoms with van der Waals surface area (Å²) < 4.78 is 51.9. The Morgan fingerprint density at radius 1 is 1.13 bits per heavy atom. The number of nitrogens with zero attached hydrogens (tertiary/aromatic N) is 4. The lowest BCUT2D eigenvalue weighted by atomic mass is 9.73. The quantitative estimate of drug-likeness (QED) is 0.285. The Bertz CT molecular complexity index is 1430. The van der Waals surface area contributed by atoms with Crippen molar-refractivity contribution in [3.63, 3.8) is 0 Å². The normalized spacial score (nSPS) is 18.7. The number of benzene rings is 1. The second kappa shape index (κ2) is 10.6. The van der Waals surface area contributed by atoms with Gasteiger partial charge in [-0.3, -0.25) is 9.78 Å². The summed E-state index contributed by atoms with van der Waals surface area (Å²) in [7, 11) is 0. The largest absolute Gasteiger partial charge is 0.481 e. The average molecular weight is 544 g/mol. The Hall–Kier alpha value is -4.10. The van der Waals surface area contributed by atoms with Crippen LogP contribution < -0.4 is 5.32 Å². The van der Waals surface area contributed by atoms with Crippen molar-refractivity contribution < 1.29 is 37.2 Å². The molecule has 4 aromatic rings. The molecule has 1 aliphatic rings. The summed E-state index contributed by atoms with van der Waals surface area (Å²) in [5.74, 6) is -2.13. The highest BCUT2D eigenvalue weighted by molar-refractivity contribution is 5.69. The van der Waals surface area contributed by atoms with E-state index in [2.05, 4.69) is 25.6 Å². The number of hydrogen-bond donors (Lipinski definition) is 3. The van der Waals surface area contributed by atoms with Gasteiger partial charge in [-0.25, -0.2) is 0 Å². The van der Waals surface area contributed by atoms with Crippen LogP contribution in [0.5, 0.6) is 0 Å². The first-order valence-corrected chi connectivity index (χ1v) is 12.2. The molecule has 3 N–H and O–H groups in total. The van der Waals surface area contributed by atoms with Gasteiger partial charge in [0.05, 0.1) is 18.2 Å². The Labute approximate surface area is 219 Å². The molecular weight excluding hydrogens is 519 g/mol. The summed E-state index contributed by atoms with van der Waals surface area (Å²) in [6.07, 6.45) is -2.67. The van der Waals surface area contributed by atoms with E-state index in [4.69, 9.17) is 9.05 Å². The van der Waals surface area contributed by atoms with E-state index in [1.165, 1.54) is 18.3 Å². The standard InChI is InChI=1S/C26H24F3N5O5/c27-26(28,29)20-21(17-4-1-2-11-31-17)33-38-22(20)24-32-23(34-39-24)16-7-5-15(6-8-16)18(35)12-25(13-19(36)37)9-3-10-30-14-25/h1-2,4-8,11,18,30,35H,3,9-10,12-14H2,(H,36,37)/t18?,25-/m1/s1. The van der Waals surface area contributed by atoms with E-state index in [9.17, 15) is 28.2 Å². The Morgan fingerprint density at radius 3 is 2.56 bits per heavy atom. The first-order valence-electron chi connectivity index (χ1n) is 12.2. The molecule has 0 aliphatic carbocycles. The third-order valence-electron chi connectivity index (χ3n) is 6.77. The highest BCUT2D eigenvalue weighted by Gasteiger charge is 2.43. The van der Waals surface area contributed by atoms with Crippen molar-refractivity contribution in [2.24, 2.45) is 5.41 Å².